The third-order valence-electron chi connectivity index (χ3n) is 2.92. The number of imidazole rings is 1. The molecule has 0 aliphatic heterocycles. The number of pyridine rings is 1. The van der Waals surface area contributed by atoms with Crippen LogP contribution in [0.25, 0.3) is 11.0 Å². The number of fused-ring (bicyclic) bond motifs is 1. The molecular formula is C13H13N5O2S. The number of aromatic amines is 1. The highest BCUT2D eigenvalue weighted by Crippen LogP contribution is 2.18. The lowest BCUT2D eigenvalue weighted by Crippen LogP contribution is -2.14. The highest BCUT2D eigenvalue weighted by molar-refractivity contribution is 7.92. The third kappa shape index (κ3) is 2.65. The van der Waals surface area contributed by atoms with E-state index in [0.717, 1.165) is 5.52 Å². The fourth-order valence-corrected chi connectivity index (χ4v) is 2.88. The van der Waals surface area contributed by atoms with E-state index in [0.29, 0.717) is 11.3 Å². The summed E-state index contributed by atoms with van der Waals surface area (Å²) in [7, 11) is -2.05. The van der Waals surface area contributed by atoms with Crippen LogP contribution in [-0.4, -0.2) is 30.4 Å². The van der Waals surface area contributed by atoms with Crippen LogP contribution in [0.2, 0.25) is 0 Å². The summed E-state index contributed by atoms with van der Waals surface area (Å²) in [6.07, 6.45) is 1.43. The smallest absolute Gasteiger partial charge is 0.264 e. The second-order valence-corrected chi connectivity index (χ2v) is 6.02. The zero-order chi connectivity index (χ0) is 14.9. The van der Waals surface area contributed by atoms with Crippen molar-refractivity contribution in [2.24, 2.45) is 0 Å². The maximum atomic E-state index is 12.3. The van der Waals surface area contributed by atoms with Crippen molar-refractivity contribution in [1.82, 2.24) is 15.0 Å². The molecule has 3 aromatic rings. The molecular weight excluding hydrogens is 290 g/mol. The Balaban J connectivity index is 1.95. The van der Waals surface area contributed by atoms with Crippen molar-refractivity contribution < 1.29 is 8.42 Å². The SMILES string of the molecule is CNc1cc(S(=O)(=O)Nc2nc3ccccc3[nH]2)ccn1. The predicted octanol–water partition coefficient (Wildman–Crippen LogP) is 1.80. The van der Waals surface area contributed by atoms with Crippen LogP contribution in [0, 0.1) is 0 Å². The molecule has 8 heteroatoms. The zero-order valence-electron chi connectivity index (χ0n) is 11.2. The van der Waals surface area contributed by atoms with E-state index in [2.05, 4.69) is 25.0 Å². The second kappa shape index (κ2) is 5.06. The van der Waals surface area contributed by atoms with Gasteiger partial charge in [0.15, 0.2) is 0 Å². The molecule has 3 N–H and O–H groups in total. The van der Waals surface area contributed by atoms with E-state index >= 15 is 0 Å². The monoisotopic (exact) mass is 303 g/mol. The number of aromatic nitrogens is 3. The Morgan fingerprint density at radius 2 is 2.00 bits per heavy atom. The molecule has 2 aromatic heterocycles. The van der Waals surface area contributed by atoms with Crippen LogP contribution in [0.3, 0.4) is 0 Å². The Labute approximate surface area is 121 Å². The number of hydrogen-bond acceptors (Lipinski definition) is 5. The molecule has 2 heterocycles. The molecule has 0 saturated carbocycles. The summed E-state index contributed by atoms with van der Waals surface area (Å²) in [4.78, 5) is 11.2. The molecule has 0 radical (unpaired) electrons. The molecule has 0 atom stereocenters. The average Bonchev–Trinajstić information content (AvgIpc) is 2.88. The van der Waals surface area contributed by atoms with Crippen LogP contribution in [0.15, 0.2) is 47.5 Å². The summed E-state index contributed by atoms with van der Waals surface area (Å²) in [5.41, 5.74) is 1.46. The summed E-state index contributed by atoms with van der Waals surface area (Å²) >= 11 is 0. The van der Waals surface area contributed by atoms with Crippen molar-refractivity contribution in [1.29, 1.82) is 0 Å². The minimum Gasteiger partial charge on any atom is -0.373 e. The van der Waals surface area contributed by atoms with Gasteiger partial charge in [0.25, 0.3) is 10.0 Å². The van der Waals surface area contributed by atoms with Gasteiger partial charge in [-0.25, -0.2) is 23.1 Å². The lowest BCUT2D eigenvalue weighted by Gasteiger charge is -2.06. The minimum atomic E-state index is -3.72. The van der Waals surface area contributed by atoms with Gasteiger partial charge in [0.1, 0.15) is 5.82 Å². The molecule has 0 fully saturated rings. The molecule has 7 nitrogen and oxygen atoms in total. The van der Waals surface area contributed by atoms with Gasteiger partial charge in [0, 0.05) is 19.3 Å². The summed E-state index contributed by atoms with van der Waals surface area (Å²) < 4.78 is 27.1. The highest BCUT2D eigenvalue weighted by Gasteiger charge is 2.16. The van der Waals surface area contributed by atoms with Gasteiger partial charge < -0.3 is 10.3 Å². The number of anilines is 2. The summed E-state index contributed by atoms with van der Waals surface area (Å²) in [6, 6.07) is 10.2. The summed E-state index contributed by atoms with van der Waals surface area (Å²) in [5.74, 6) is 0.654. The van der Waals surface area contributed by atoms with Gasteiger partial charge in [0.2, 0.25) is 5.95 Å². The van der Waals surface area contributed by atoms with Crippen LogP contribution in [-0.2, 0) is 10.0 Å². The first-order valence-corrected chi connectivity index (χ1v) is 7.68. The number of rotatable bonds is 4. The zero-order valence-corrected chi connectivity index (χ0v) is 12.0. The Bertz CT molecular complexity index is 855. The number of nitrogens with zero attached hydrogens (tertiary/aromatic N) is 2. The van der Waals surface area contributed by atoms with E-state index in [-0.39, 0.29) is 10.8 Å². The maximum absolute atomic E-state index is 12.3. The second-order valence-electron chi connectivity index (χ2n) is 4.33. The van der Waals surface area contributed by atoms with Gasteiger partial charge in [-0.15, -0.1) is 0 Å². The van der Waals surface area contributed by atoms with Crippen molar-refractivity contribution >= 4 is 32.8 Å². The number of hydrogen-bond donors (Lipinski definition) is 3. The molecule has 0 unspecified atom stereocenters. The molecule has 3 rings (SSSR count). The molecule has 0 bridgehead atoms. The number of H-pyrrole nitrogens is 1. The van der Waals surface area contributed by atoms with Crippen molar-refractivity contribution in [3.63, 3.8) is 0 Å². The number of nitrogens with one attached hydrogen (secondary N) is 3. The van der Waals surface area contributed by atoms with Gasteiger partial charge in [-0.05, 0) is 18.2 Å². The molecule has 0 saturated heterocycles. The van der Waals surface area contributed by atoms with Crippen molar-refractivity contribution in [2.45, 2.75) is 4.90 Å². The third-order valence-corrected chi connectivity index (χ3v) is 4.25. The van der Waals surface area contributed by atoms with Crippen LogP contribution < -0.4 is 10.0 Å². The lowest BCUT2D eigenvalue weighted by molar-refractivity contribution is 0.601. The minimum absolute atomic E-state index is 0.113. The lowest BCUT2D eigenvalue weighted by atomic mass is 10.3. The first-order valence-electron chi connectivity index (χ1n) is 6.20. The standard InChI is InChI=1S/C13H13N5O2S/c1-14-12-8-9(6-7-15-12)21(19,20)18-13-16-10-4-2-3-5-11(10)17-13/h2-8H,1H3,(H,14,15)(H2,16,17,18). The van der Waals surface area contributed by atoms with Crippen LogP contribution >= 0.6 is 0 Å². The molecule has 0 aliphatic rings. The van der Waals surface area contributed by atoms with Gasteiger partial charge in [-0.1, -0.05) is 12.1 Å². The largest absolute Gasteiger partial charge is 0.373 e. The molecule has 1 aromatic carbocycles. The first kappa shape index (κ1) is 13.4. The molecule has 108 valence electrons. The molecule has 0 aliphatic carbocycles. The van der Waals surface area contributed by atoms with Gasteiger partial charge in [0.05, 0.1) is 15.9 Å². The summed E-state index contributed by atoms with van der Waals surface area (Å²) in [5, 5.41) is 2.80. The molecule has 0 amide bonds. The van der Waals surface area contributed by atoms with Gasteiger partial charge >= 0.3 is 0 Å². The van der Waals surface area contributed by atoms with Gasteiger partial charge in [-0.3, -0.25) is 0 Å². The average molecular weight is 303 g/mol. The normalized spacial score (nSPS) is 11.5. The topological polar surface area (TPSA) is 99.8 Å². The van der Waals surface area contributed by atoms with Crippen molar-refractivity contribution in [3.8, 4) is 0 Å². The Morgan fingerprint density at radius 1 is 1.19 bits per heavy atom. The molecule has 21 heavy (non-hydrogen) atoms. The Kier molecular flexibility index (Phi) is 3.22. The Morgan fingerprint density at radius 3 is 2.76 bits per heavy atom. The number of para-hydroxylation sites is 2. The van der Waals surface area contributed by atoms with E-state index in [4.69, 9.17) is 0 Å². The quantitative estimate of drug-likeness (QED) is 0.682. The van der Waals surface area contributed by atoms with E-state index in [1.54, 1.807) is 13.1 Å². The van der Waals surface area contributed by atoms with Crippen LogP contribution in [0.5, 0.6) is 0 Å². The van der Waals surface area contributed by atoms with E-state index in [9.17, 15) is 8.42 Å². The first-order chi connectivity index (χ1) is 10.1. The van der Waals surface area contributed by atoms with Crippen molar-refractivity contribution in [2.75, 3.05) is 17.1 Å². The molecule has 0 spiro atoms. The number of benzene rings is 1. The Hall–Kier alpha value is -2.61. The number of sulfonamides is 1. The highest BCUT2D eigenvalue weighted by atomic mass is 32.2. The maximum Gasteiger partial charge on any atom is 0.264 e. The van der Waals surface area contributed by atoms with Crippen molar-refractivity contribution in [3.05, 3.63) is 42.6 Å². The van der Waals surface area contributed by atoms with Crippen LogP contribution in [0.4, 0.5) is 11.8 Å². The van der Waals surface area contributed by atoms with E-state index < -0.39 is 10.0 Å². The van der Waals surface area contributed by atoms with Gasteiger partial charge in [-0.2, -0.15) is 0 Å². The summed E-state index contributed by atoms with van der Waals surface area (Å²) in [6.45, 7) is 0. The fourth-order valence-electron chi connectivity index (χ4n) is 1.90. The van der Waals surface area contributed by atoms with E-state index in [1.807, 2.05) is 18.2 Å². The van der Waals surface area contributed by atoms with E-state index in [1.165, 1.54) is 18.3 Å². The fraction of sp³-hybridized carbons (Fsp3) is 0.0769. The van der Waals surface area contributed by atoms with Crippen LogP contribution in [0.1, 0.15) is 0 Å². The predicted molar refractivity (Wildman–Crippen MR) is 80.7 cm³/mol.